The molecule has 8 nitrogen and oxygen atoms in total. The monoisotopic (exact) mass is 452 g/mol. The zero-order valence-electron chi connectivity index (χ0n) is 16.9. The topological polar surface area (TPSA) is 130 Å². The highest BCUT2D eigenvalue weighted by molar-refractivity contribution is 7.89. The van der Waals surface area contributed by atoms with E-state index in [9.17, 15) is 18.0 Å². The molecule has 0 saturated heterocycles. The number of halogens is 1. The van der Waals surface area contributed by atoms with Gasteiger partial charge in [0, 0.05) is 16.2 Å². The standard InChI is InChI=1S/C20H25ClN4O4S/c1-20(2,3)25-30(28,29)14-8-6-7-13(11-14)23-18(26)12-17(24-19(22)27)15-9-4-5-10-16(15)21/h4-11,17,25H,12H2,1-3H3,(H,23,26)(H3,22,24,27). The van der Waals surface area contributed by atoms with Gasteiger partial charge in [0.15, 0.2) is 0 Å². The number of hydrogen-bond donors (Lipinski definition) is 4. The van der Waals surface area contributed by atoms with Crippen molar-refractivity contribution in [1.29, 1.82) is 0 Å². The van der Waals surface area contributed by atoms with Crippen LogP contribution in [0.15, 0.2) is 53.4 Å². The summed E-state index contributed by atoms with van der Waals surface area (Å²) in [5.41, 5.74) is 5.42. The predicted octanol–water partition coefficient (Wildman–Crippen LogP) is 3.16. The predicted molar refractivity (Wildman–Crippen MR) is 117 cm³/mol. The average Bonchev–Trinajstić information content (AvgIpc) is 2.59. The summed E-state index contributed by atoms with van der Waals surface area (Å²) in [6, 6.07) is 11.1. The molecule has 2 aromatic carbocycles. The number of carbonyl (C=O) groups excluding carboxylic acids is 2. The number of benzene rings is 2. The van der Waals surface area contributed by atoms with E-state index in [0.717, 1.165) is 0 Å². The van der Waals surface area contributed by atoms with E-state index >= 15 is 0 Å². The fourth-order valence-electron chi connectivity index (χ4n) is 2.77. The van der Waals surface area contributed by atoms with E-state index in [4.69, 9.17) is 17.3 Å². The largest absolute Gasteiger partial charge is 0.352 e. The van der Waals surface area contributed by atoms with Crippen LogP contribution in [0.4, 0.5) is 10.5 Å². The summed E-state index contributed by atoms with van der Waals surface area (Å²) in [5.74, 6) is -0.452. The van der Waals surface area contributed by atoms with Gasteiger partial charge in [0.05, 0.1) is 17.4 Å². The molecule has 0 saturated carbocycles. The van der Waals surface area contributed by atoms with Crippen molar-refractivity contribution in [3.8, 4) is 0 Å². The van der Waals surface area contributed by atoms with Gasteiger partial charge in [0.1, 0.15) is 0 Å². The van der Waals surface area contributed by atoms with Crippen LogP contribution in [0.1, 0.15) is 38.8 Å². The van der Waals surface area contributed by atoms with E-state index in [-0.39, 0.29) is 11.3 Å². The lowest BCUT2D eigenvalue weighted by Gasteiger charge is -2.21. The number of rotatable bonds is 7. The fourth-order valence-corrected chi connectivity index (χ4v) is 4.50. The van der Waals surface area contributed by atoms with E-state index in [1.54, 1.807) is 51.1 Å². The molecule has 1 unspecified atom stereocenters. The summed E-state index contributed by atoms with van der Waals surface area (Å²) < 4.78 is 27.6. The molecule has 3 amide bonds. The molecule has 0 aliphatic carbocycles. The third-order valence-electron chi connectivity index (χ3n) is 3.86. The van der Waals surface area contributed by atoms with Crippen molar-refractivity contribution in [2.75, 3.05) is 5.32 Å². The van der Waals surface area contributed by atoms with E-state index in [1.807, 2.05) is 0 Å². The van der Waals surface area contributed by atoms with Gasteiger partial charge in [-0.05, 0) is 50.6 Å². The molecular formula is C20H25ClN4O4S. The van der Waals surface area contributed by atoms with E-state index in [0.29, 0.717) is 16.3 Å². The highest BCUT2D eigenvalue weighted by Crippen LogP contribution is 2.26. The lowest BCUT2D eigenvalue weighted by atomic mass is 10.0. The van der Waals surface area contributed by atoms with Crippen molar-refractivity contribution in [3.63, 3.8) is 0 Å². The van der Waals surface area contributed by atoms with E-state index in [2.05, 4.69) is 15.4 Å². The quantitative estimate of drug-likeness (QED) is 0.513. The summed E-state index contributed by atoms with van der Waals surface area (Å²) in [5, 5.41) is 5.53. The Hall–Kier alpha value is -2.62. The normalized spacial score (nSPS) is 12.8. The molecule has 30 heavy (non-hydrogen) atoms. The molecule has 1 atom stereocenters. The SMILES string of the molecule is CC(C)(C)NS(=O)(=O)c1cccc(NC(=O)CC(NC(N)=O)c2ccccc2Cl)c1. The summed E-state index contributed by atoms with van der Waals surface area (Å²) in [6.45, 7) is 5.20. The molecule has 0 aliphatic heterocycles. The van der Waals surface area contributed by atoms with Crippen LogP contribution < -0.4 is 21.1 Å². The van der Waals surface area contributed by atoms with Gasteiger partial charge in [-0.15, -0.1) is 0 Å². The maximum absolute atomic E-state index is 12.6. The molecule has 0 radical (unpaired) electrons. The number of carbonyl (C=O) groups is 2. The minimum Gasteiger partial charge on any atom is -0.352 e. The number of amides is 3. The minimum atomic E-state index is -3.76. The average molecular weight is 453 g/mol. The summed E-state index contributed by atoms with van der Waals surface area (Å²) in [6.07, 6.45) is -0.149. The highest BCUT2D eigenvalue weighted by atomic mass is 35.5. The first-order valence-corrected chi connectivity index (χ1v) is 11.0. The van der Waals surface area contributed by atoms with Gasteiger partial charge in [0.25, 0.3) is 0 Å². The van der Waals surface area contributed by atoms with Crippen molar-refractivity contribution in [1.82, 2.24) is 10.0 Å². The number of primary amides is 1. The van der Waals surface area contributed by atoms with Gasteiger partial charge in [0.2, 0.25) is 15.9 Å². The second-order valence-electron chi connectivity index (χ2n) is 7.72. The number of sulfonamides is 1. The summed E-state index contributed by atoms with van der Waals surface area (Å²) in [7, 11) is -3.76. The van der Waals surface area contributed by atoms with Gasteiger partial charge in [-0.1, -0.05) is 35.9 Å². The van der Waals surface area contributed by atoms with Crippen LogP contribution in [0.2, 0.25) is 5.02 Å². The van der Waals surface area contributed by atoms with Gasteiger partial charge in [-0.3, -0.25) is 4.79 Å². The van der Waals surface area contributed by atoms with Crippen molar-refractivity contribution in [3.05, 3.63) is 59.1 Å². The third-order valence-corrected chi connectivity index (χ3v) is 5.96. The number of nitrogens with one attached hydrogen (secondary N) is 3. The van der Waals surface area contributed by atoms with E-state index in [1.165, 1.54) is 18.2 Å². The Labute approximate surface area is 181 Å². The summed E-state index contributed by atoms with van der Waals surface area (Å²) in [4.78, 5) is 24.0. The molecule has 0 fully saturated rings. The molecule has 0 bridgehead atoms. The van der Waals surface area contributed by atoms with Gasteiger partial charge < -0.3 is 16.4 Å². The Morgan fingerprint density at radius 2 is 1.77 bits per heavy atom. The zero-order chi connectivity index (χ0) is 22.5. The first-order chi connectivity index (χ1) is 13.9. The lowest BCUT2D eigenvalue weighted by Crippen LogP contribution is -2.40. The molecular weight excluding hydrogens is 428 g/mol. The third kappa shape index (κ3) is 7.01. The summed E-state index contributed by atoms with van der Waals surface area (Å²) >= 11 is 6.17. The van der Waals surface area contributed by atoms with Gasteiger partial charge in [-0.2, -0.15) is 0 Å². The molecule has 5 N–H and O–H groups in total. The molecule has 0 heterocycles. The molecule has 162 valence electrons. The molecule has 10 heteroatoms. The van der Waals surface area contributed by atoms with Crippen molar-refractivity contribution in [2.45, 2.75) is 43.7 Å². The number of hydrogen-bond acceptors (Lipinski definition) is 4. The Bertz CT molecular complexity index is 1040. The Kier molecular flexibility index (Phi) is 7.46. The smallest absolute Gasteiger partial charge is 0.312 e. The maximum atomic E-state index is 12.6. The van der Waals surface area contributed by atoms with Gasteiger partial charge >= 0.3 is 6.03 Å². The van der Waals surface area contributed by atoms with Crippen LogP contribution in [0.3, 0.4) is 0 Å². The number of anilines is 1. The first-order valence-electron chi connectivity index (χ1n) is 9.12. The van der Waals surface area contributed by atoms with Crippen molar-refractivity contribution < 1.29 is 18.0 Å². The zero-order valence-corrected chi connectivity index (χ0v) is 18.5. The number of urea groups is 1. The Balaban J connectivity index is 2.19. The van der Waals surface area contributed by atoms with Gasteiger partial charge in [-0.25, -0.2) is 17.9 Å². The fraction of sp³-hybridized carbons (Fsp3) is 0.300. The molecule has 0 aromatic heterocycles. The van der Waals surface area contributed by atoms with Crippen molar-refractivity contribution >= 4 is 39.2 Å². The Morgan fingerprint density at radius 1 is 1.10 bits per heavy atom. The molecule has 2 rings (SSSR count). The Morgan fingerprint density at radius 3 is 2.37 bits per heavy atom. The highest BCUT2D eigenvalue weighted by Gasteiger charge is 2.23. The maximum Gasteiger partial charge on any atom is 0.312 e. The minimum absolute atomic E-state index is 0.0214. The van der Waals surface area contributed by atoms with Crippen LogP contribution in [0.25, 0.3) is 0 Å². The van der Waals surface area contributed by atoms with Crippen LogP contribution in [0, 0.1) is 0 Å². The first kappa shape index (κ1) is 23.7. The lowest BCUT2D eigenvalue weighted by molar-refractivity contribution is -0.116. The molecule has 0 aliphatic rings. The second-order valence-corrected chi connectivity index (χ2v) is 9.81. The van der Waals surface area contributed by atoms with E-state index < -0.39 is 33.5 Å². The van der Waals surface area contributed by atoms with Crippen LogP contribution in [-0.4, -0.2) is 25.9 Å². The van der Waals surface area contributed by atoms with Crippen LogP contribution in [-0.2, 0) is 14.8 Å². The van der Waals surface area contributed by atoms with Crippen LogP contribution >= 0.6 is 11.6 Å². The van der Waals surface area contributed by atoms with Crippen LogP contribution in [0.5, 0.6) is 0 Å². The number of nitrogens with two attached hydrogens (primary N) is 1. The second kappa shape index (κ2) is 9.46. The molecule has 0 spiro atoms. The van der Waals surface area contributed by atoms with Crippen molar-refractivity contribution in [2.24, 2.45) is 5.73 Å². The molecule has 2 aromatic rings.